The van der Waals surface area contributed by atoms with E-state index in [-0.39, 0.29) is 27.0 Å². The molecular weight excluding hydrogens is 488 g/mol. The number of aromatic nitrogens is 2. The van der Waals surface area contributed by atoms with Crippen molar-refractivity contribution in [3.05, 3.63) is 154 Å². The Morgan fingerprint density at radius 3 is 1.33 bits per heavy atom. The minimum atomic E-state index is -0.495. The fourth-order valence-electron chi connectivity index (χ4n) is 7.43. The van der Waals surface area contributed by atoms with Gasteiger partial charge in [0.2, 0.25) is 0 Å². The molecule has 0 unspecified atom stereocenters. The molecule has 2 heterocycles. The van der Waals surface area contributed by atoms with Gasteiger partial charge in [-0.1, -0.05) is 54.6 Å². The van der Waals surface area contributed by atoms with E-state index < -0.39 is 27.7 Å². The highest BCUT2D eigenvalue weighted by Crippen LogP contribution is 2.61. The molecule has 2 aromatic heterocycles. The zero-order valence-electron chi connectivity index (χ0n) is 21.5. The first-order valence-corrected chi connectivity index (χ1v) is 12.9. The molecule has 0 N–H and O–H groups in total. The van der Waals surface area contributed by atoms with Crippen LogP contribution in [0.4, 0.5) is 0 Å². The second-order valence-electron chi connectivity index (χ2n) is 11.1. The van der Waals surface area contributed by atoms with Crippen LogP contribution in [0, 0.1) is 0 Å². The van der Waals surface area contributed by atoms with E-state index >= 15 is 0 Å². The predicted molar refractivity (Wildman–Crippen MR) is 151 cm³/mol. The Labute approximate surface area is 221 Å². The molecule has 3 aliphatic carbocycles. The molecule has 6 heteroatoms. The molecule has 39 heavy (non-hydrogen) atoms. The smallest absolute Gasteiger partial charge is 0.266 e. The van der Waals surface area contributed by atoms with Crippen molar-refractivity contribution < 1.29 is 0 Å². The molecule has 0 saturated heterocycles. The summed E-state index contributed by atoms with van der Waals surface area (Å²) in [6.45, 7) is 4.46. The maximum atomic E-state index is 13.6. The van der Waals surface area contributed by atoms with E-state index in [9.17, 15) is 19.2 Å². The number of fused-ring (bicyclic) bond motifs is 2. The first kappa shape index (κ1) is 22.2. The van der Waals surface area contributed by atoms with Crippen LogP contribution in [-0.2, 0) is 17.9 Å². The second-order valence-corrected chi connectivity index (χ2v) is 11.1. The monoisotopic (exact) mass is 510 g/mol. The molecule has 0 aliphatic heterocycles. The Morgan fingerprint density at radius 2 is 0.872 bits per heavy atom. The van der Waals surface area contributed by atoms with Gasteiger partial charge in [-0.25, -0.2) is 4.57 Å². The quantitative estimate of drug-likeness (QED) is 0.337. The van der Waals surface area contributed by atoms with Crippen molar-refractivity contribution in [3.8, 4) is 5.69 Å². The lowest BCUT2D eigenvalue weighted by Gasteiger charge is -2.54. The molecule has 3 aliphatic rings. The van der Waals surface area contributed by atoms with Crippen LogP contribution in [-0.4, -0.2) is 9.13 Å². The summed E-state index contributed by atoms with van der Waals surface area (Å²) < 4.78 is 2.17. The molecule has 2 bridgehead atoms. The van der Waals surface area contributed by atoms with E-state index in [1.165, 1.54) is 46.0 Å². The molecule has 4 aromatic carbocycles. The van der Waals surface area contributed by atoms with Crippen molar-refractivity contribution in [3.63, 3.8) is 0 Å². The molecule has 188 valence electrons. The van der Waals surface area contributed by atoms with Crippen molar-refractivity contribution in [1.29, 1.82) is 0 Å². The van der Waals surface area contributed by atoms with Gasteiger partial charge in [-0.2, -0.15) is 0 Å². The summed E-state index contributed by atoms with van der Waals surface area (Å²) in [6.07, 6.45) is 0. The average molecular weight is 511 g/mol. The number of hydrogen-bond acceptors (Lipinski definition) is 4. The van der Waals surface area contributed by atoms with Crippen LogP contribution in [0.5, 0.6) is 0 Å². The van der Waals surface area contributed by atoms with Crippen LogP contribution < -0.4 is 22.2 Å². The lowest BCUT2D eigenvalue weighted by molar-refractivity contribution is 0.511. The van der Waals surface area contributed by atoms with Gasteiger partial charge >= 0.3 is 0 Å². The molecular formula is C33H22N2O4. The van der Waals surface area contributed by atoms with Gasteiger partial charge in [0.25, 0.3) is 22.2 Å². The highest BCUT2D eigenvalue weighted by atomic mass is 16.2. The van der Waals surface area contributed by atoms with Crippen LogP contribution in [0.15, 0.2) is 98.0 Å². The third-order valence-electron chi connectivity index (χ3n) is 9.44. The summed E-state index contributed by atoms with van der Waals surface area (Å²) >= 11 is 0. The van der Waals surface area contributed by atoms with Crippen molar-refractivity contribution in [2.45, 2.75) is 24.7 Å². The van der Waals surface area contributed by atoms with E-state index in [0.29, 0.717) is 5.69 Å². The molecule has 0 spiro atoms. The average Bonchev–Trinajstić information content (AvgIpc) is 3.33. The van der Waals surface area contributed by atoms with Gasteiger partial charge in [0.1, 0.15) is 0 Å². The first-order valence-electron chi connectivity index (χ1n) is 12.9. The van der Waals surface area contributed by atoms with E-state index in [1.807, 2.05) is 18.2 Å². The summed E-state index contributed by atoms with van der Waals surface area (Å²) in [4.78, 5) is 52.4. The zero-order valence-corrected chi connectivity index (χ0v) is 21.5. The van der Waals surface area contributed by atoms with E-state index in [4.69, 9.17) is 0 Å². The van der Waals surface area contributed by atoms with Crippen LogP contribution in [0.3, 0.4) is 0 Å². The second kappa shape index (κ2) is 6.77. The van der Waals surface area contributed by atoms with Crippen LogP contribution in [0.25, 0.3) is 27.2 Å². The van der Waals surface area contributed by atoms with Crippen molar-refractivity contribution in [2.24, 2.45) is 7.05 Å². The van der Waals surface area contributed by atoms with Gasteiger partial charge in [0.15, 0.2) is 0 Å². The topological polar surface area (TPSA) is 78.1 Å². The lowest BCUT2D eigenvalue weighted by atomic mass is 9.48. The Balaban J connectivity index is 1.44. The predicted octanol–water partition coefficient (Wildman–Crippen LogP) is 3.77. The lowest BCUT2D eigenvalue weighted by Crippen LogP contribution is -2.48. The Kier molecular flexibility index (Phi) is 3.85. The minimum Gasteiger partial charge on any atom is -0.277 e. The highest BCUT2D eigenvalue weighted by molar-refractivity contribution is 5.98. The minimum absolute atomic E-state index is 0.142. The molecule has 0 saturated carbocycles. The largest absolute Gasteiger partial charge is 0.277 e. The molecule has 0 amide bonds. The van der Waals surface area contributed by atoms with Gasteiger partial charge in [-0.15, -0.1) is 0 Å². The van der Waals surface area contributed by atoms with Gasteiger partial charge in [-0.05, 0) is 71.5 Å². The van der Waals surface area contributed by atoms with Crippen LogP contribution >= 0.6 is 0 Å². The third-order valence-corrected chi connectivity index (χ3v) is 9.44. The fourth-order valence-corrected chi connectivity index (χ4v) is 7.43. The molecule has 0 atom stereocenters. The zero-order chi connectivity index (χ0) is 27.0. The maximum Gasteiger partial charge on any atom is 0.266 e. The SMILES string of the molecule is Cn1c(=O)c2cc3c(=O)n(-c4ccc5c(c4)C4(C)c6ccccc6C5(C)c5ccccc54)c(=O)c3cc2c1=O. The summed E-state index contributed by atoms with van der Waals surface area (Å²) in [7, 11) is 1.39. The summed E-state index contributed by atoms with van der Waals surface area (Å²) in [5.41, 5.74) is 4.87. The molecule has 0 fully saturated rings. The summed E-state index contributed by atoms with van der Waals surface area (Å²) in [6, 6.07) is 25.6. The standard InChI is InChI=1S/C33H22N2O4/c1-32-22-8-4-6-10-24(22)33(2,25-11-7-5-9-23(25)32)27-14-17(12-13-26(27)32)35-30(38)20-15-18-19(16-21(20)31(35)39)29(37)34(3)28(18)36/h4-16H,1-3H3. The van der Waals surface area contributed by atoms with E-state index in [0.717, 1.165) is 15.7 Å². The van der Waals surface area contributed by atoms with Crippen molar-refractivity contribution >= 4 is 21.5 Å². The summed E-state index contributed by atoms with van der Waals surface area (Å²) in [5, 5.41) is 0.591. The highest BCUT2D eigenvalue weighted by Gasteiger charge is 2.54. The number of nitrogens with zero attached hydrogens (tertiary/aromatic N) is 2. The Bertz CT molecular complexity index is 2180. The third kappa shape index (κ3) is 2.31. The fraction of sp³-hybridized carbons (Fsp3) is 0.152. The van der Waals surface area contributed by atoms with E-state index in [1.54, 1.807) is 0 Å². The number of benzene rings is 4. The van der Waals surface area contributed by atoms with Gasteiger partial charge in [0, 0.05) is 17.9 Å². The molecule has 0 radical (unpaired) electrons. The van der Waals surface area contributed by atoms with Gasteiger partial charge in [-0.3, -0.25) is 23.7 Å². The number of rotatable bonds is 1. The Hall–Kier alpha value is -4.84. The number of hydrogen-bond donors (Lipinski definition) is 0. The molecule has 6 aromatic rings. The normalized spacial score (nSPS) is 20.8. The van der Waals surface area contributed by atoms with Crippen LogP contribution in [0.1, 0.15) is 47.2 Å². The van der Waals surface area contributed by atoms with Crippen molar-refractivity contribution in [1.82, 2.24) is 9.13 Å². The molecule has 9 rings (SSSR count). The maximum absolute atomic E-state index is 13.6. The Morgan fingerprint density at radius 1 is 0.487 bits per heavy atom. The summed E-state index contributed by atoms with van der Waals surface area (Å²) in [5.74, 6) is 0. The molecule has 6 nitrogen and oxygen atoms in total. The first-order chi connectivity index (χ1) is 18.7. The van der Waals surface area contributed by atoms with Gasteiger partial charge < -0.3 is 0 Å². The van der Waals surface area contributed by atoms with Crippen molar-refractivity contribution in [2.75, 3.05) is 0 Å². The van der Waals surface area contributed by atoms with E-state index in [2.05, 4.69) is 62.4 Å². The van der Waals surface area contributed by atoms with Crippen LogP contribution in [0.2, 0.25) is 0 Å². The van der Waals surface area contributed by atoms with Gasteiger partial charge in [0.05, 0.1) is 27.2 Å².